The van der Waals surface area contributed by atoms with Gasteiger partial charge in [0.2, 0.25) is 17.4 Å². The summed E-state index contributed by atoms with van der Waals surface area (Å²) >= 11 is 8.24. The van der Waals surface area contributed by atoms with E-state index in [1.54, 1.807) is 17.1 Å². The maximum Gasteiger partial charge on any atom is 0.319 e. The van der Waals surface area contributed by atoms with Crippen molar-refractivity contribution < 1.29 is 24.0 Å². The van der Waals surface area contributed by atoms with Crippen molar-refractivity contribution in [3.8, 4) is 0 Å². The number of oxime groups is 1. The molecule has 2 aliphatic rings. The molecule has 11 nitrogen and oxygen atoms in total. The number of nitrogens with two attached hydrogens (primary N) is 1. The number of allylic oxidation sites excluding steroid dienone is 1. The Morgan fingerprint density at radius 3 is 2.45 bits per heavy atom. The maximum absolute atomic E-state index is 14.0. The van der Waals surface area contributed by atoms with E-state index in [9.17, 15) is 14.4 Å². The first-order valence-corrected chi connectivity index (χ1v) is 15.2. The lowest BCUT2D eigenvalue weighted by atomic mass is 9.86. The van der Waals surface area contributed by atoms with Crippen LogP contribution in [-0.4, -0.2) is 74.5 Å². The van der Waals surface area contributed by atoms with Crippen molar-refractivity contribution in [2.45, 2.75) is 17.5 Å². The third-order valence-corrected chi connectivity index (χ3v) is 9.08. The molecule has 3 atom stereocenters. The molecule has 0 bridgehead atoms. The molecule has 3 aromatic rings. The van der Waals surface area contributed by atoms with Gasteiger partial charge in [0.05, 0.1) is 0 Å². The minimum absolute atomic E-state index is 0.00358. The summed E-state index contributed by atoms with van der Waals surface area (Å²) in [6.07, 6.45) is 2.77. The van der Waals surface area contributed by atoms with Gasteiger partial charge in [0.15, 0.2) is 11.2 Å². The Balaban J connectivity index is 1.34. The van der Waals surface area contributed by atoms with E-state index in [1.165, 1.54) is 18.9 Å². The lowest BCUT2D eigenvalue weighted by molar-refractivity contribution is -0.162. The molecule has 2 amide bonds. The fourth-order valence-electron chi connectivity index (χ4n) is 4.78. The average Bonchev–Trinajstić information content (AvgIpc) is 3.46. The number of nitrogens with zero attached hydrogens (tertiary/aromatic N) is 4. The van der Waals surface area contributed by atoms with Gasteiger partial charge in [0, 0.05) is 29.7 Å². The molecule has 0 aliphatic carbocycles. The lowest BCUT2D eigenvalue weighted by Crippen LogP contribution is -2.74. The van der Waals surface area contributed by atoms with Crippen molar-refractivity contribution in [2.75, 3.05) is 31.0 Å². The molecule has 0 spiro atoms. The fraction of sp³-hybridized carbons (Fsp3) is 0.286. The van der Waals surface area contributed by atoms with Crippen molar-refractivity contribution in [3.05, 3.63) is 89.8 Å². The quantitative estimate of drug-likeness (QED) is 0.0865. The molecule has 0 saturated carbocycles. The van der Waals surface area contributed by atoms with Crippen molar-refractivity contribution in [1.29, 1.82) is 0 Å². The summed E-state index contributed by atoms with van der Waals surface area (Å²) in [5.41, 5.74) is 5.94. The van der Waals surface area contributed by atoms with Gasteiger partial charge < -0.3 is 25.5 Å². The monoisotopic (exact) mass is 626 g/mol. The molecular weight excluding hydrogens is 600 g/mol. The number of nitrogen functional groups attached to an aromatic ring is 1. The highest BCUT2D eigenvalue weighted by molar-refractivity contribution is 8.00. The first-order chi connectivity index (χ1) is 20.4. The number of nitrogens with one attached hydrogen (secondary N) is 1. The second-order valence-electron chi connectivity index (χ2n) is 9.52. The summed E-state index contributed by atoms with van der Waals surface area (Å²) in [5.74, 6) is -1.01. The number of aromatic nitrogens is 2. The zero-order valence-electron chi connectivity index (χ0n) is 22.4. The number of esters is 1. The van der Waals surface area contributed by atoms with Gasteiger partial charge in [-0.3, -0.25) is 14.4 Å². The number of fused-ring (bicyclic) bond motifs is 1. The van der Waals surface area contributed by atoms with Crippen LogP contribution >= 0.6 is 34.9 Å². The van der Waals surface area contributed by atoms with E-state index in [4.69, 9.17) is 26.9 Å². The van der Waals surface area contributed by atoms with Crippen LogP contribution in [0.2, 0.25) is 0 Å². The number of hydrogen-bond acceptors (Lipinski definition) is 11. The first-order valence-electron chi connectivity index (χ1n) is 12.8. The van der Waals surface area contributed by atoms with Crippen LogP contribution in [0.15, 0.2) is 78.0 Å². The smallest absolute Gasteiger partial charge is 0.319 e. The summed E-state index contributed by atoms with van der Waals surface area (Å²) in [7, 11) is 1.28. The van der Waals surface area contributed by atoms with Crippen LogP contribution in [0.4, 0.5) is 5.13 Å². The van der Waals surface area contributed by atoms with E-state index in [1.807, 2.05) is 60.7 Å². The van der Waals surface area contributed by atoms with Crippen LogP contribution in [0.5, 0.6) is 0 Å². The number of rotatable bonds is 10. The van der Waals surface area contributed by atoms with E-state index in [0.29, 0.717) is 5.75 Å². The van der Waals surface area contributed by atoms with E-state index < -0.39 is 34.8 Å². The minimum Gasteiger partial charge on any atom is -0.452 e. The number of halogens is 1. The second-order valence-corrected chi connectivity index (χ2v) is 11.7. The summed E-state index contributed by atoms with van der Waals surface area (Å²) in [5, 5.41) is 6.18. The van der Waals surface area contributed by atoms with E-state index in [2.05, 4.69) is 19.8 Å². The Bertz CT molecular complexity index is 1470. The van der Waals surface area contributed by atoms with Crippen LogP contribution in [0, 0.1) is 5.41 Å². The molecule has 2 fully saturated rings. The molecule has 3 N–H and O–H groups in total. The van der Waals surface area contributed by atoms with Crippen molar-refractivity contribution in [2.24, 2.45) is 10.6 Å². The third-order valence-electron chi connectivity index (χ3n) is 6.81. The molecule has 3 heterocycles. The average molecular weight is 627 g/mol. The number of ether oxygens (including phenoxy) is 1. The lowest BCUT2D eigenvalue weighted by Gasteiger charge is -2.53. The van der Waals surface area contributed by atoms with E-state index in [0.717, 1.165) is 22.7 Å². The molecule has 218 valence electrons. The zero-order chi connectivity index (χ0) is 29.7. The van der Waals surface area contributed by atoms with Gasteiger partial charge in [-0.2, -0.15) is 9.36 Å². The fourth-order valence-corrected chi connectivity index (χ4v) is 6.81. The number of β-lactam (4-membered cyclic amide) rings is 1. The van der Waals surface area contributed by atoms with Gasteiger partial charge in [0.1, 0.15) is 23.9 Å². The highest BCUT2D eigenvalue weighted by Gasteiger charge is 2.57. The Hall–Kier alpha value is -3.94. The largest absolute Gasteiger partial charge is 0.452 e. The predicted octanol–water partition coefficient (Wildman–Crippen LogP) is 2.98. The van der Waals surface area contributed by atoms with Crippen LogP contribution in [0.1, 0.15) is 23.1 Å². The zero-order valence-corrected chi connectivity index (χ0v) is 24.8. The van der Waals surface area contributed by atoms with Gasteiger partial charge in [-0.25, -0.2) is 0 Å². The highest BCUT2D eigenvalue weighted by atomic mass is 35.5. The summed E-state index contributed by atoms with van der Waals surface area (Å²) in [6, 6.07) is 18.1. The second kappa shape index (κ2) is 12.9. The highest BCUT2D eigenvalue weighted by Crippen LogP contribution is 2.44. The van der Waals surface area contributed by atoms with Gasteiger partial charge in [-0.05, 0) is 11.1 Å². The number of thioether (sulfide) groups is 1. The maximum atomic E-state index is 14.0. The standard InChI is InChI=1S/C28H27ClN6O5S2/c1-39-33-19(22-32-27(30)42-34-22)23(36)31-20-24(37)35-15-28(13-8-14-29,16-41-25(20)35)26(38)40-21(17-9-4-2-5-10-17)18-11-6-3-7-12-18/h2-13,20-21,25H,14-16H2,1H3,(H,31,36)(H2,30,32,34)/t20?,25-,28?/m1/s1. The summed E-state index contributed by atoms with van der Waals surface area (Å²) < 4.78 is 10.2. The molecular formula is C28H27ClN6O5S2. The van der Waals surface area contributed by atoms with Gasteiger partial charge >= 0.3 is 5.97 Å². The van der Waals surface area contributed by atoms with Crippen LogP contribution < -0.4 is 11.1 Å². The topological polar surface area (TPSA) is 149 Å². The predicted molar refractivity (Wildman–Crippen MR) is 161 cm³/mol. The number of benzene rings is 2. The molecule has 42 heavy (non-hydrogen) atoms. The minimum atomic E-state index is -1.15. The van der Waals surface area contributed by atoms with Gasteiger partial charge in [-0.15, -0.1) is 23.4 Å². The van der Waals surface area contributed by atoms with Crippen molar-refractivity contribution in [3.63, 3.8) is 0 Å². The normalized spacial score (nSPS) is 22.0. The molecule has 2 aliphatic heterocycles. The van der Waals surface area contributed by atoms with Crippen molar-refractivity contribution >= 4 is 63.5 Å². The third kappa shape index (κ3) is 5.98. The van der Waals surface area contributed by atoms with Gasteiger partial charge in [-0.1, -0.05) is 78.0 Å². The molecule has 1 aromatic heterocycles. The summed E-state index contributed by atoms with van der Waals surface area (Å²) in [4.78, 5) is 50.6. The van der Waals surface area contributed by atoms with Crippen molar-refractivity contribution in [1.82, 2.24) is 19.6 Å². The number of hydrogen-bond donors (Lipinski definition) is 2. The number of alkyl halides is 1. The molecule has 0 radical (unpaired) electrons. The van der Waals surface area contributed by atoms with E-state index >= 15 is 0 Å². The SMILES string of the molecule is CON=C(C(=O)NC1C(=O)N2CC(C=CCCl)(C(=O)OC(c3ccccc3)c3ccccc3)CS[C@H]12)c1nsc(N)n1. The number of anilines is 1. The Labute approximate surface area is 255 Å². The van der Waals surface area contributed by atoms with Crippen LogP contribution in [0.3, 0.4) is 0 Å². The molecule has 2 aromatic carbocycles. The molecule has 2 unspecified atom stereocenters. The number of carbonyl (C=O) groups excluding carboxylic acids is 3. The number of amides is 2. The molecule has 14 heteroatoms. The Morgan fingerprint density at radius 2 is 1.88 bits per heavy atom. The van der Waals surface area contributed by atoms with Gasteiger partial charge in [0.25, 0.3) is 5.91 Å². The summed E-state index contributed by atoms with van der Waals surface area (Å²) in [6.45, 7) is 0.0710. The molecule has 2 saturated heterocycles. The van der Waals surface area contributed by atoms with E-state index in [-0.39, 0.29) is 35.0 Å². The molecule has 5 rings (SSSR count). The Kier molecular flexibility index (Phi) is 9.09. The number of carbonyl (C=O) groups is 3. The van der Waals surface area contributed by atoms with Crippen LogP contribution in [-0.2, 0) is 24.0 Å². The Morgan fingerprint density at radius 1 is 1.21 bits per heavy atom. The van der Waals surface area contributed by atoms with Crippen LogP contribution in [0.25, 0.3) is 0 Å². The first kappa shape index (κ1) is 29.5.